The largest absolute Gasteiger partial charge is 0.343 e. The number of amides is 2. The molecule has 0 spiro atoms. The Labute approximate surface area is 163 Å². The summed E-state index contributed by atoms with van der Waals surface area (Å²) in [6.45, 7) is 0.124. The van der Waals surface area contributed by atoms with Gasteiger partial charge in [0.1, 0.15) is 5.82 Å². The van der Waals surface area contributed by atoms with Crippen molar-refractivity contribution in [2.24, 2.45) is 0 Å². The van der Waals surface area contributed by atoms with Crippen molar-refractivity contribution in [1.29, 1.82) is 0 Å². The van der Waals surface area contributed by atoms with Crippen LogP contribution in [0.25, 0.3) is 10.8 Å². The Bertz CT molecular complexity index is 1030. The van der Waals surface area contributed by atoms with Gasteiger partial charge in [-0.3, -0.25) is 9.59 Å². The van der Waals surface area contributed by atoms with Crippen LogP contribution in [0.4, 0.5) is 4.39 Å². The molecule has 0 radical (unpaired) electrons. The lowest BCUT2D eigenvalue weighted by Gasteiger charge is -2.23. The first kappa shape index (κ1) is 18.2. The van der Waals surface area contributed by atoms with Crippen molar-refractivity contribution in [3.63, 3.8) is 0 Å². The average Bonchev–Trinajstić information content (AvgIpc) is 3.56. The Morgan fingerprint density at radius 3 is 2.43 bits per heavy atom. The van der Waals surface area contributed by atoms with E-state index < -0.39 is 0 Å². The lowest BCUT2D eigenvalue weighted by molar-refractivity contribution is -0.131. The molecule has 2 amide bonds. The van der Waals surface area contributed by atoms with Crippen LogP contribution in [0.3, 0.4) is 0 Å². The SMILES string of the molecule is O=C(NCC(=O)N(Cc1ccccc1F)C1CC1)c1ccc2ccccc2c1. The number of rotatable bonds is 6. The topological polar surface area (TPSA) is 49.4 Å². The van der Waals surface area contributed by atoms with Gasteiger partial charge in [-0.1, -0.05) is 48.5 Å². The zero-order valence-electron chi connectivity index (χ0n) is 15.4. The fourth-order valence-corrected chi connectivity index (χ4v) is 3.31. The molecule has 28 heavy (non-hydrogen) atoms. The summed E-state index contributed by atoms with van der Waals surface area (Å²) in [6.07, 6.45) is 1.83. The molecule has 0 aromatic heterocycles. The predicted molar refractivity (Wildman–Crippen MR) is 106 cm³/mol. The van der Waals surface area contributed by atoms with Gasteiger partial charge < -0.3 is 10.2 Å². The quantitative estimate of drug-likeness (QED) is 0.709. The Morgan fingerprint density at radius 2 is 1.68 bits per heavy atom. The van der Waals surface area contributed by atoms with Crippen LogP contribution in [-0.4, -0.2) is 29.3 Å². The smallest absolute Gasteiger partial charge is 0.251 e. The lowest BCUT2D eigenvalue weighted by atomic mass is 10.1. The van der Waals surface area contributed by atoms with Gasteiger partial charge in [-0.05, 0) is 41.8 Å². The van der Waals surface area contributed by atoms with E-state index in [1.165, 1.54) is 6.07 Å². The first-order valence-corrected chi connectivity index (χ1v) is 9.42. The molecule has 4 nitrogen and oxygen atoms in total. The maximum Gasteiger partial charge on any atom is 0.251 e. The van der Waals surface area contributed by atoms with E-state index in [2.05, 4.69) is 5.32 Å². The minimum atomic E-state index is -0.318. The lowest BCUT2D eigenvalue weighted by Crippen LogP contribution is -2.41. The van der Waals surface area contributed by atoms with Crippen LogP contribution in [0.15, 0.2) is 66.7 Å². The van der Waals surface area contributed by atoms with Crippen molar-refractivity contribution < 1.29 is 14.0 Å². The monoisotopic (exact) mass is 376 g/mol. The molecule has 4 rings (SSSR count). The number of nitrogens with zero attached hydrogens (tertiary/aromatic N) is 1. The van der Waals surface area contributed by atoms with Gasteiger partial charge in [0, 0.05) is 23.7 Å². The number of carbonyl (C=O) groups is 2. The van der Waals surface area contributed by atoms with E-state index in [4.69, 9.17) is 0 Å². The second-order valence-corrected chi connectivity index (χ2v) is 7.09. The molecule has 0 heterocycles. The van der Waals surface area contributed by atoms with Gasteiger partial charge in [0.05, 0.1) is 6.54 Å². The standard InChI is InChI=1S/C23H21FN2O2/c24-21-8-4-3-7-19(21)15-26(20-11-12-20)22(27)14-25-23(28)18-10-9-16-5-1-2-6-17(16)13-18/h1-10,13,20H,11-12,14-15H2,(H,25,28). The third-order valence-corrected chi connectivity index (χ3v) is 5.02. The number of fused-ring (bicyclic) bond motifs is 1. The number of carbonyl (C=O) groups excluding carboxylic acids is 2. The van der Waals surface area contributed by atoms with Gasteiger partial charge in [0.25, 0.3) is 5.91 Å². The van der Waals surface area contributed by atoms with Gasteiger partial charge in [0.15, 0.2) is 0 Å². The van der Waals surface area contributed by atoms with E-state index in [-0.39, 0.29) is 36.8 Å². The van der Waals surface area contributed by atoms with Crippen molar-refractivity contribution in [2.75, 3.05) is 6.54 Å². The summed E-state index contributed by atoms with van der Waals surface area (Å²) in [5.74, 6) is -0.804. The Morgan fingerprint density at radius 1 is 0.964 bits per heavy atom. The highest BCUT2D eigenvalue weighted by molar-refractivity contribution is 6.00. The van der Waals surface area contributed by atoms with Gasteiger partial charge in [-0.25, -0.2) is 4.39 Å². The third-order valence-electron chi connectivity index (χ3n) is 5.02. The second-order valence-electron chi connectivity index (χ2n) is 7.09. The fourth-order valence-electron chi connectivity index (χ4n) is 3.31. The molecule has 3 aromatic carbocycles. The first-order valence-electron chi connectivity index (χ1n) is 9.42. The summed E-state index contributed by atoms with van der Waals surface area (Å²) < 4.78 is 14.0. The van der Waals surface area contributed by atoms with Crippen molar-refractivity contribution >= 4 is 22.6 Å². The Kier molecular flexibility index (Phi) is 5.06. The van der Waals surface area contributed by atoms with E-state index in [1.807, 2.05) is 36.4 Å². The molecule has 1 aliphatic carbocycles. The van der Waals surface area contributed by atoms with Gasteiger partial charge in [0.2, 0.25) is 5.91 Å². The fraction of sp³-hybridized carbons (Fsp3) is 0.217. The van der Waals surface area contributed by atoms with Gasteiger partial charge >= 0.3 is 0 Å². The number of hydrogen-bond donors (Lipinski definition) is 1. The van der Waals surface area contributed by atoms with Crippen molar-refractivity contribution in [1.82, 2.24) is 10.2 Å². The van der Waals surface area contributed by atoms with E-state index in [9.17, 15) is 14.0 Å². The van der Waals surface area contributed by atoms with Gasteiger partial charge in [-0.2, -0.15) is 0 Å². The van der Waals surface area contributed by atoms with Crippen LogP contribution >= 0.6 is 0 Å². The van der Waals surface area contributed by atoms with Crippen LogP contribution in [-0.2, 0) is 11.3 Å². The molecule has 0 bridgehead atoms. The third kappa shape index (κ3) is 4.03. The number of halogens is 1. The molecule has 1 fully saturated rings. The summed E-state index contributed by atoms with van der Waals surface area (Å²) in [5, 5.41) is 4.73. The highest BCUT2D eigenvalue weighted by Gasteiger charge is 2.33. The van der Waals surface area contributed by atoms with Crippen LogP contribution < -0.4 is 5.32 Å². The average molecular weight is 376 g/mol. The van der Waals surface area contributed by atoms with E-state index in [0.717, 1.165) is 23.6 Å². The number of hydrogen-bond acceptors (Lipinski definition) is 2. The van der Waals surface area contributed by atoms with Gasteiger partial charge in [-0.15, -0.1) is 0 Å². The van der Waals surface area contributed by atoms with E-state index in [0.29, 0.717) is 11.1 Å². The minimum Gasteiger partial charge on any atom is -0.343 e. The molecule has 0 aliphatic heterocycles. The summed E-state index contributed by atoms with van der Waals surface area (Å²) in [6, 6.07) is 19.8. The number of nitrogens with one attached hydrogen (secondary N) is 1. The Balaban J connectivity index is 1.41. The zero-order valence-corrected chi connectivity index (χ0v) is 15.4. The van der Waals surface area contributed by atoms with Crippen LogP contribution in [0.2, 0.25) is 0 Å². The first-order chi connectivity index (χ1) is 13.6. The molecule has 3 aromatic rings. The molecule has 0 atom stereocenters. The summed E-state index contributed by atoms with van der Waals surface area (Å²) >= 11 is 0. The molecule has 1 saturated carbocycles. The summed E-state index contributed by atoms with van der Waals surface area (Å²) in [5.41, 5.74) is 1.00. The molecule has 0 saturated heterocycles. The van der Waals surface area contributed by atoms with Crippen molar-refractivity contribution in [3.05, 3.63) is 83.7 Å². The maximum absolute atomic E-state index is 14.0. The van der Waals surface area contributed by atoms with Crippen LogP contribution in [0.5, 0.6) is 0 Å². The highest BCUT2D eigenvalue weighted by Crippen LogP contribution is 2.28. The maximum atomic E-state index is 14.0. The molecular weight excluding hydrogens is 355 g/mol. The van der Waals surface area contributed by atoms with E-state index in [1.54, 1.807) is 29.2 Å². The molecule has 1 N–H and O–H groups in total. The predicted octanol–water partition coefficient (Wildman–Crippen LogP) is 3.90. The molecular formula is C23H21FN2O2. The summed E-state index contributed by atoms with van der Waals surface area (Å²) in [4.78, 5) is 26.8. The van der Waals surface area contributed by atoms with E-state index >= 15 is 0 Å². The molecule has 0 unspecified atom stereocenters. The molecule has 5 heteroatoms. The molecule has 142 valence electrons. The second kappa shape index (κ2) is 7.80. The summed E-state index contributed by atoms with van der Waals surface area (Å²) in [7, 11) is 0. The zero-order chi connectivity index (χ0) is 19.5. The Hall–Kier alpha value is -3.21. The van der Waals surface area contributed by atoms with Crippen LogP contribution in [0.1, 0.15) is 28.8 Å². The van der Waals surface area contributed by atoms with Crippen molar-refractivity contribution in [2.45, 2.75) is 25.4 Å². The van der Waals surface area contributed by atoms with Crippen molar-refractivity contribution in [3.8, 4) is 0 Å². The highest BCUT2D eigenvalue weighted by atomic mass is 19.1. The normalized spacial score (nSPS) is 13.3. The molecule has 1 aliphatic rings. The number of benzene rings is 3. The van der Waals surface area contributed by atoms with Crippen LogP contribution in [0, 0.1) is 5.82 Å². The minimum absolute atomic E-state index is 0.101.